The fourth-order valence-electron chi connectivity index (χ4n) is 4.27. The van der Waals surface area contributed by atoms with Crippen molar-refractivity contribution in [2.24, 2.45) is 16.8 Å². The summed E-state index contributed by atoms with van der Waals surface area (Å²) in [5, 5.41) is 12.0. The Morgan fingerprint density at radius 1 is 1.35 bits per heavy atom. The molecule has 2 aliphatic rings. The Morgan fingerprint density at radius 2 is 2.15 bits per heavy atom. The second kappa shape index (κ2) is 9.95. The summed E-state index contributed by atoms with van der Waals surface area (Å²) in [5.74, 6) is 2.63. The van der Waals surface area contributed by atoms with Gasteiger partial charge in [0.15, 0.2) is 5.96 Å². The van der Waals surface area contributed by atoms with Crippen LogP contribution in [0.1, 0.15) is 70.2 Å². The number of aliphatic imine (C=N–C) groups is 1. The van der Waals surface area contributed by atoms with Crippen molar-refractivity contribution in [1.82, 2.24) is 20.4 Å². The van der Waals surface area contributed by atoms with Gasteiger partial charge in [-0.2, -0.15) is 5.10 Å². The zero-order valence-corrected chi connectivity index (χ0v) is 19.1. The Bertz CT molecular complexity index is 595. The molecule has 1 aromatic heterocycles. The molecular weight excluding hydrogens is 437 g/mol. The van der Waals surface area contributed by atoms with E-state index in [1.807, 2.05) is 7.05 Å². The van der Waals surface area contributed by atoms with E-state index < -0.39 is 0 Å². The molecule has 0 amide bonds. The fraction of sp³-hybridized carbons (Fsp3) is 0.800. The molecule has 1 saturated carbocycles. The fourth-order valence-corrected chi connectivity index (χ4v) is 4.27. The van der Waals surface area contributed by atoms with Crippen molar-refractivity contribution >= 4 is 29.9 Å². The first-order valence-electron chi connectivity index (χ1n) is 10.1. The molecular formula is C20H36IN5. The standard InChI is InChI=1S/C20H35N5.HI/c1-14(2)25-13-17-8-9-18(11-19(17)24-25)23-20(21-4)22-12-16-7-5-6-15(3)10-16;/h13-16,18H,5-12H2,1-4H3,(H2,21,22,23);1H. The zero-order valence-electron chi connectivity index (χ0n) is 16.8. The van der Waals surface area contributed by atoms with Crippen LogP contribution in [0.25, 0.3) is 0 Å². The molecule has 0 radical (unpaired) electrons. The van der Waals surface area contributed by atoms with E-state index in [0.717, 1.165) is 43.6 Å². The van der Waals surface area contributed by atoms with E-state index in [9.17, 15) is 0 Å². The van der Waals surface area contributed by atoms with Gasteiger partial charge in [-0.05, 0) is 56.9 Å². The van der Waals surface area contributed by atoms with Crippen molar-refractivity contribution in [3.05, 3.63) is 17.5 Å². The predicted octanol–water partition coefficient (Wildman–Crippen LogP) is 3.93. The van der Waals surface area contributed by atoms with Gasteiger partial charge in [-0.15, -0.1) is 24.0 Å². The molecule has 2 aliphatic carbocycles. The summed E-state index contributed by atoms with van der Waals surface area (Å²) in [7, 11) is 1.88. The molecule has 3 atom stereocenters. The highest BCUT2D eigenvalue weighted by Crippen LogP contribution is 2.28. The topological polar surface area (TPSA) is 54.2 Å². The van der Waals surface area contributed by atoms with Crippen molar-refractivity contribution < 1.29 is 0 Å². The Hall–Kier alpha value is -0.790. The van der Waals surface area contributed by atoms with Crippen molar-refractivity contribution in [3.8, 4) is 0 Å². The zero-order chi connectivity index (χ0) is 17.8. The lowest BCUT2D eigenvalue weighted by Gasteiger charge is -2.29. The number of fused-ring (bicyclic) bond motifs is 1. The SMILES string of the molecule is CN=C(NCC1CCCC(C)C1)NC1CCc2cn(C(C)C)nc2C1.I. The van der Waals surface area contributed by atoms with Gasteiger partial charge >= 0.3 is 0 Å². The van der Waals surface area contributed by atoms with Crippen LogP contribution in [0.3, 0.4) is 0 Å². The molecule has 0 bridgehead atoms. The summed E-state index contributed by atoms with van der Waals surface area (Å²) in [6, 6.07) is 0.865. The van der Waals surface area contributed by atoms with Crippen LogP contribution in [0.15, 0.2) is 11.2 Å². The van der Waals surface area contributed by atoms with Gasteiger partial charge < -0.3 is 10.6 Å². The molecule has 3 unspecified atom stereocenters. The average Bonchev–Trinajstić information content (AvgIpc) is 3.02. The first kappa shape index (κ1) is 21.5. The quantitative estimate of drug-likeness (QED) is 0.396. The summed E-state index contributed by atoms with van der Waals surface area (Å²) >= 11 is 0. The average molecular weight is 473 g/mol. The lowest BCUT2D eigenvalue weighted by molar-refractivity contribution is 0.282. The molecule has 1 heterocycles. The van der Waals surface area contributed by atoms with Gasteiger partial charge in [-0.1, -0.05) is 19.8 Å². The van der Waals surface area contributed by atoms with Gasteiger partial charge in [-0.25, -0.2) is 0 Å². The van der Waals surface area contributed by atoms with Crippen molar-refractivity contribution in [2.45, 2.75) is 77.8 Å². The number of rotatable bonds is 4. The third-order valence-electron chi connectivity index (χ3n) is 5.79. The lowest BCUT2D eigenvalue weighted by atomic mass is 9.82. The maximum Gasteiger partial charge on any atom is 0.191 e. The van der Waals surface area contributed by atoms with Crippen LogP contribution >= 0.6 is 24.0 Å². The number of hydrogen-bond acceptors (Lipinski definition) is 2. The van der Waals surface area contributed by atoms with Crippen LogP contribution in [0.4, 0.5) is 0 Å². The van der Waals surface area contributed by atoms with Crippen LogP contribution in [-0.2, 0) is 12.8 Å². The molecule has 2 N–H and O–H groups in total. The smallest absolute Gasteiger partial charge is 0.191 e. The molecule has 6 heteroatoms. The summed E-state index contributed by atoms with van der Waals surface area (Å²) < 4.78 is 2.10. The number of nitrogens with zero attached hydrogens (tertiary/aromatic N) is 3. The summed E-state index contributed by atoms with van der Waals surface area (Å²) in [6.07, 6.45) is 11.0. The van der Waals surface area contributed by atoms with Crippen LogP contribution in [0, 0.1) is 11.8 Å². The first-order valence-corrected chi connectivity index (χ1v) is 10.1. The molecule has 0 aliphatic heterocycles. The summed E-state index contributed by atoms with van der Waals surface area (Å²) in [4.78, 5) is 4.44. The Morgan fingerprint density at radius 3 is 2.85 bits per heavy atom. The number of halogens is 1. The third-order valence-corrected chi connectivity index (χ3v) is 5.79. The maximum atomic E-state index is 4.78. The summed E-state index contributed by atoms with van der Waals surface area (Å²) in [6.45, 7) is 7.80. The van der Waals surface area contributed by atoms with E-state index in [2.05, 4.69) is 47.3 Å². The van der Waals surface area contributed by atoms with Crippen molar-refractivity contribution in [3.63, 3.8) is 0 Å². The maximum absolute atomic E-state index is 4.78. The van der Waals surface area contributed by atoms with Crippen molar-refractivity contribution in [1.29, 1.82) is 0 Å². The minimum atomic E-state index is 0. The van der Waals surface area contributed by atoms with E-state index in [4.69, 9.17) is 5.10 Å². The van der Waals surface area contributed by atoms with Gasteiger partial charge in [0.05, 0.1) is 5.69 Å². The van der Waals surface area contributed by atoms with E-state index in [1.54, 1.807) is 0 Å². The first-order chi connectivity index (χ1) is 12.0. The minimum Gasteiger partial charge on any atom is -0.356 e. The summed E-state index contributed by atoms with van der Waals surface area (Å²) in [5.41, 5.74) is 2.68. The largest absolute Gasteiger partial charge is 0.356 e. The lowest BCUT2D eigenvalue weighted by Crippen LogP contribution is -2.47. The molecule has 1 aromatic rings. The van der Waals surface area contributed by atoms with E-state index in [0.29, 0.717) is 12.1 Å². The predicted molar refractivity (Wildman–Crippen MR) is 119 cm³/mol. The Kier molecular flexibility index (Phi) is 8.23. The highest BCUT2D eigenvalue weighted by molar-refractivity contribution is 14.0. The van der Waals surface area contributed by atoms with E-state index >= 15 is 0 Å². The second-order valence-electron chi connectivity index (χ2n) is 8.35. The number of hydrogen-bond donors (Lipinski definition) is 2. The van der Waals surface area contributed by atoms with E-state index in [1.165, 1.54) is 36.9 Å². The van der Waals surface area contributed by atoms with Gasteiger partial charge in [0.1, 0.15) is 0 Å². The van der Waals surface area contributed by atoms with Crippen LogP contribution in [-0.4, -0.2) is 35.4 Å². The molecule has 5 nitrogen and oxygen atoms in total. The minimum absolute atomic E-state index is 0. The highest BCUT2D eigenvalue weighted by Gasteiger charge is 2.24. The highest BCUT2D eigenvalue weighted by atomic mass is 127. The van der Waals surface area contributed by atoms with Gasteiger partial charge in [0.25, 0.3) is 0 Å². The molecule has 1 fully saturated rings. The van der Waals surface area contributed by atoms with Crippen LogP contribution in [0.5, 0.6) is 0 Å². The number of nitrogens with one attached hydrogen (secondary N) is 2. The Balaban J connectivity index is 0.00000243. The van der Waals surface area contributed by atoms with Crippen LogP contribution in [0.2, 0.25) is 0 Å². The molecule has 3 rings (SSSR count). The molecule has 26 heavy (non-hydrogen) atoms. The monoisotopic (exact) mass is 473 g/mol. The van der Waals surface area contributed by atoms with Crippen molar-refractivity contribution in [2.75, 3.05) is 13.6 Å². The molecule has 0 spiro atoms. The normalized spacial score (nSPS) is 26.2. The second-order valence-corrected chi connectivity index (χ2v) is 8.35. The number of aromatic nitrogens is 2. The molecule has 0 aromatic carbocycles. The number of guanidine groups is 1. The number of aryl methyl sites for hydroxylation is 1. The van der Waals surface area contributed by atoms with Gasteiger partial charge in [-0.3, -0.25) is 9.67 Å². The third kappa shape index (κ3) is 5.60. The van der Waals surface area contributed by atoms with Crippen LogP contribution < -0.4 is 10.6 Å². The molecule has 0 saturated heterocycles. The van der Waals surface area contributed by atoms with Gasteiger partial charge in [0.2, 0.25) is 0 Å². The van der Waals surface area contributed by atoms with E-state index in [-0.39, 0.29) is 24.0 Å². The molecule has 148 valence electrons. The van der Waals surface area contributed by atoms with Gasteiger partial charge in [0, 0.05) is 38.3 Å². The Labute approximate surface area is 175 Å².